The van der Waals surface area contributed by atoms with Crippen LogP contribution in [0.4, 0.5) is 5.69 Å². The summed E-state index contributed by atoms with van der Waals surface area (Å²) >= 11 is 3.65. The average Bonchev–Trinajstić information content (AvgIpc) is 2.96. The zero-order chi connectivity index (χ0) is 17.2. The van der Waals surface area contributed by atoms with Crippen molar-refractivity contribution in [3.63, 3.8) is 0 Å². The first-order valence-electron chi connectivity index (χ1n) is 9.67. The van der Waals surface area contributed by atoms with Gasteiger partial charge in [-0.3, -0.25) is 4.90 Å². The lowest BCUT2D eigenvalue weighted by Gasteiger charge is -2.62. The first-order chi connectivity index (χ1) is 12.0. The van der Waals surface area contributed by atoms with E-state index in [9.17, 15) is 10.2 Å². The molecule has 0 radical (unpaired) electrons. The number of likely N-dealkylation sites (N-methyl/N-ethyl adjacent to an activating group) is 1. The number of fused-ring (bicyclic) bond motifs is 2. The zero-order valence-electron chi connectivity index (χ0n) is 14.6. The predicted molar refractivity (Wildman–Crippen MR) is 99.4 cm³/mol. The number of benzene rings is 1. The van der Waals surface area contributed by atoms with E-state index in [0.29, 0.717) is 29.8 Å². The number of halogens is 1. The zero-order valence-corrected chi connectivity index (χ0v) is 16.2. The summed E-state index contributed by atoms with van der Waals surface area (Å²) in [6.07, 6.45) is 2.47. The van der Waals surface area contributed by atoms with Crippen LogP contribution in [0.2, 0.25) is 0 Å². The van der Waals surface area contributed by atoms with Gasteiger partial charge in [0.1, 0.15) is 6.23 Å². The topological polar surface area (TPSA) is 46.9 Å². The molecule has 1 aromatic carbocycles. The molecule has 5 heteroatoms. The van der Waals surface area contributed by atoms with Crippen molar-refractivity contribution in [1.29, 1.82) is 0 Å². The summed E-state index contributed by atoms with van der Waals surface area (Å²) in [6, 6.07) is 7.50. The van der Waals surface area contributed by atoms with E-state index in [1.807, 2.05) is 0 Å². The van der Waals surface area contributed by atoms with Crippen molar-refractivity contribution in [2.45, 2.75) is 62.1 Å². The van der Waals surface area contributed by atoms with Gasteiger partial charge in [-0.05, 0) is 48.9 Å². The van der Waals surface area contributed by atoms with E-state index in [0.717, 1.165) is 23.7 Å². The van der Waals surface area contributed by atoms with E-state index in [-0.39, 0.29) is 23.8 Å². The Balaban J connectivity index is 1.59. The second-order valence-electron chi connectivity index (χ2n) is 8.95. The van der Waals surface area contributed by atoms with Crippen molar-refractivity contribution >= 4 is 21.6 Å². The van der Waals surface area contributed by atoms with E-state index >= 15 is 0 Å². The van der Waals surface area contributed by atoms with Crippen LogP contribution in [-0.2, 0) is 5.41 Å². The molecule has 5 heterocycles. The SMILES string of the molecule is CC[C@H]1[C@@H]2C[C@H]3[C@@H]4N(C)c5ccc(Br)cc5[C@@]45C[C@@H]([C@H]2[C@H]5O)N3[C@@H]1O. The molecule has 5 fully saturated rings. The van der Waals surface area contributed by atoms with Crippen LogP contribution in [0.5, 0.6) is 0 Å². The molecule has 1 unspecified atom stereocenters. The smallest absolute Gasteiger partial charge is 0.111 e. The van der Waals surface area contributed by atoms with E-state index in [2.05, 4.69) is 57.9 Å². The molecule has 10 atom stereocenters. The van der Waals surface area contributed by atoms with Gasteiger partial charge in [0.2, 0.25) is 0 Å². The summed E-state index contributed by atoms with van der Waals surface area (Å²) in [7, 11) is 2.18. The number of piperidine rings is 4. The van der Waals surface area contributed by atoms with Crippen LogP contribution in [0.15, 0.2) is 22.7 Å². The van der Waals surface area contributed by atoms with Gasteiger partial charge in [-0.25, -0.2) is 0 Å². The summed E-state index contributed by atoms with van der Waals surface area (Å²) in [5.74, 6) is 1.09. The minimum Gasteiger partial charge on any atom is -0.392 e. The van der Waals surface area contributed by atoms with E-state index < -0.39 is 0 Å². The molecular formula is C20H25BrN2O2. The predicted octanol–water partition coefficient (Wildman–Crippen LogP) is 2.32. The van der Waals surface area contributed by atoms with Crippen LogP contribution >= 0.6 is 15.9 Å². The first kappa shape index (κ1) is 15.4. The number of nitrogens with zero attached hydrogens (tertiary/aromatic N) is 2. The van der Waals surface area contributed by atoms with Crippen molar-refractivity contribution in [1.82, 2.24) is 4.90 Å². The third-order valence-corrected chi connectivity index (χ3v) is 9.01. The molecule has 1 saturated carbocycles. The molecule has 0 amide bonds. The molecule has 5 bridgehead atoms. The number of hydrogen-bond donors (Lipinski definition) is 2. The lowest BCUT2D eigenvalue weighted by atomic mass is 9.62. The van der Waals surface area contributed by atoms with Gasteiger partial charge in [0, 0.05) is 46.5 Å². The normalized spacial score (nSPS) is 54.1. The van der Waals surface area contributed by atoms with E-state index in [1.165, 1.54) is 11.3 Å². The molecule has 4 saturated heterocycles. The summed E-state index contributed by atoms with van der Waals surface area (Å²) in [6.45, 7) is 2.19. The fourth-order valence-electron chi connectivity index (χ4n) is 7.89. The molecular weight excluding hydrogens is 380 g/mol. The molecule has 5 aliphatic heterocycles. The summed E-state index contributed by atoms with van der Waals surface area (Å²) in [4.78, 5) is 4.82. The Morgan fingerprint density at radius 2 is 2.08 bits per heavy atom. The third-order valence-electron chi connectivity index (χ3n) is 8.52. The highest BCUT2D eigenvalue weighted by Gasteiger charge is 2.76. The Hall–Kier alpha value is -0.620. The number of aliphatic hydroxyl groups is 2. The van der Waals surface area contributed by atoms with Gasteiger partial charge in [0.15, 0.2) is 0 Å². The quantitative estimate of drug-likeness (QED) is 0.753. The number of rotatable bonds is 1. The van der Waals surface area contributed by atoms with Crippen LogP contribution in [0.3, 0.4) is 0 Å². The number of aliphatic hydroxyl groups excluding tert-OH is 2. The third kappa shape index (κ3) is 1.47. The van der Waals surface area contributed by atoms with E-state index in [1.54, 1.807) is 0 Å². The van der Waals surface area contributed by atoms with Crippen molar-refractivity contribution in [3.8, 4) is 0 Å². The fraction of sp³-hybridized carbons (Fsp3) is 0.700. The molecule has 1 aliphatic carbocycles. The maximum Gasteiger partial charge on any atom is 0.111 e. The second kappa shape index (κ2) is 4.61. The van der Waals surface area contributed by atoms with Crippen molar-refractivity contribution in [2.75, 3.05) is 11.9 Å². The maximum absolute atomic E-state index is 11.7. The minimum atomic E-state index is -0.331. The summed E-state index contributed by atoms with van der Waals surface area (Å²) in [5.41, 5.74) is 2.42. The van der Waals surface area contributed by atoms with E-state index in [4.69, 9.17) is 0 Å². The van der Waals surface area contributed by atoms with Gasteiger partial charge < -0.3 is 15.1 Å². The molecule has 0 aromatic heterocycles. The summed E-state index contributed by atoms with van der Waals surface area (Å²) in [5, 5.41) is 22.7. The van der Waals surface area contributed by atoms with Crippen molar-refractivity contribution < 1.29 is 10.2 Å². The van der Waals surface area contributed by atoms with Gasteiger partial charge in [-0.15, -0.1) is 0 Å². The highest BCUT2D eigenvalue weighted by atomic mass is 79.9. The van der Waals surface area contributed by atoms with Gasteiger partial charge in [0.25, 0.3) is 0 Å². The van der Waals surface area contributed by atoms with Crippen LogP contribution < -0.4 is 4.90 Å². The average molecular weight is 405 g/mol. The lowest BCUT2D eigenvalue weighted by molar-refractivity contribution is -0.211. The Labute approximate surface area is 156 Å². The van der Waals surface area contributed by atoms with Crippen LogP contribution in [0.1, 0.15) is 31.7 Å². The van der Waals surface area contributed by atoms with Crippen molar-refractivity contribution in [3.05, 3.63) is 28.2 Å². The Morgan fingerprint density at radius 3 is 2.84 bits per heavy atom. The molecule has 25 heavy (non-hydrogen) atoms. The molecule has 1 spiro atoms. The van der Waals surface area contributed by atoms with Crippen molar-refractivity contribution in [2.24, 2.45) is 17.8 Å². The Bertz CT molecular complexity index is 772. The van der Waals surface area contributed by atoms with Crippen LogP contribution in [0, 0.1) is 17.8 Å². The fourth-order valence-corrected chi connectivity index (χ4v) is 8.26. The molecule has 6 aliphatic rings. The highest BCUT2D eigenvalue weighted by molar-refractivity contribution is 9.10. The minimum absolute atomic E-state index is 0.165. The monoisotopic (exact) mass is 404 g/mol. The van der Waals surface area contributed by atoms with Gasteiger partial charge in [-0.1, -0.05) is 22.9 Å². The molecule has 2 N–H and O–H groups in total. The molecule has 7 rings (SSSR count). The first-order valence-corrected chi connectivity index (χ1v) is 10.5. The molecule has 1 aromatic rings. The highest BCUT2D eigenvalue weighted by Crippen LogP contribution is 2.69. The Kier molecular flexibility index (Phi) is 2.85. The van der Waals surface area contributed by atoms with Gasteiger partial charge in [-0.2, -0.15) is 0 Å². The van der Waals surface area contributed by atoms with Crippen LogP contribution in [0.25, 0.3) is 0 Å². The molecule has 134 valence electrons. The van der Waals surface area contributed by atoms with Gasteiger partial charge >= 0.3 is 0 Å². The van der Waals surface area contributed by atoms with Gasteiger partial charge in [0.05, 0.1) is 12.1 Å². The Morgan fingerprint density at radius 1 is 1.28 bits per heavy atom. The lowest BCUT2D eigenvalue weighted by Crippen LogP contribution is -2.72. The molecule has 4 nitrogen and oxygen atoms in total. The second-order valence-corrected chi connectivity index (χ2v) is 9.87. The summed E-state index contributed by atoms with van der Waals surface area (Å²) < 4.78 is 1.10. The standard InChI is InChI=1S/C20H25BrN2O2/c1-3-10-11-7-14-17-20(12-6-9(21)4-5-13(12)22(17)2)8-15(16(11)18(20)24)23(14)19(10)25/h4-6,10-11,14-19,24-25H,3,7-8H2,1-2H3/t10-,11-,14-,15-,16-,17-,18+,19+,20-/m0/s1. The largest absolute Gasteiger partial charge is 0.392 e. The number of hydrogen-bond acceptors (Lipinski definition) is 4. The van der Waals surface area contributed by atoms with Crippen LogP contribution in [-0.4, -0.2) is 52.6 Å². The number of anilines is 1. The maximum atomic E-state index is 11.7.